The first-order valence-corrected chi connectivity index (χ1v) is 7.61. The van der Waals surface area contributed by atoms with Gasteiger partial charge in [-0.1, -0.05) is 12.2 Å². The number of hydrogen-bond donors (Lipinski definition) is 2. The van der Waals surface area contributed by atoms with Gasteiger partial charge in [0.05, 0.1) is 23.6 Å². The van der Waals surface area contributed by atoms with Gasteiger partial charge in [-0.15, -0.1) is 11.3 Å². The first kappa shape index (κ1) is 12.6. The van der Waals surface area contributed by atoms with Crippen molar-refractivity contribution in [3.8, 4) is 0 Å². The summed E-state index contributed by atoms with van der Waals surface area (Å²) in [6, 6.07) is 6.48. The molecule has 1 atom stereocenters. The third-order valence-corrected chi connectivity index (χ3v) is 4.61. The Morgan fingerprint density at radius 3 is 3.05 bits per heavy atom. The zero-order chi connectivity index (χ0) is 13.2. The molecule has 2 aromatic heterocycles. The van der Waals surface area contributed by atoms with Crippen LogP contribution in [0.2, 0.25) is 0 Å². The normalized spacial score (nSPS) is 17.8. The van der Waals surface area contributed by atoms with E-state index >= 15 is 0 Å². The molecule has 0 fully saturated rings. The molecule has 3 N–H and O–H groups in total. The lowest BCUT2D eigenvalue weighted by Gasteiger charge is -2.24. The number of anilines is 1. The van der Waals surface area contributed by atoms with Crippen LogP contribution < -0.4 is 11.1 Å². The van der Waals surface area contributed by atoms with Crippen molar-refractivity contribution in [2.24, 2.45) is 5.73 Å². The van der Waals surface area contributed by atoms with E-state index in [1.165, 1.54) is 29.7 Å². The minimum absolute atomic E-state index is 0.337. The summed E-state index contributed by atoms with van der Waals surface area (Å²) in [4.78, 5) is 6.11. The fourth-order valence-electron chi connectivity index (χ4n) is 2.46. The number of aryl methyl sites for hydroxylation is 1. The van der Waals surface area contributed by atoms with Crippen molar-refractivity contribution >= 4 is 34.2 Å². The molecule has 0 spiro atoms. The lowest BCUT2D eigenvalue weighted by atomic mass is 9.94. The predicted octanol–water partition coefficient (Wildman–Crippen LogP) is 3.27. The van der Waals surface area contributed by atoms with Crippen LogP contribution in [0.5, 0.6) is 0 Å². The SMILES string of the molecule is NC(=S)c1ccc(NC2CCCc3sccc32)cn1. The van der Waals surface area contributed by atoms with Crippen LogP contribution in [0.3, 0.4) is 0 Å². The van der Waals surface area contributed by atoms with Crippen molar-refractivity contribution in [2.45, 2.75) is 25.3 Å². The van der Waals surface area contributed by atoms with Gasteiger partial charge in [0.1, 0.15) is 4.99 Å². The van der Waals surface area contributed by atoms with Crippen LogP contribution >= 0.6 is 23.6 Å². The van der Waals surface area contributed by atoms with Gasteiger partial charge in [-0.2, -0.15) is 0 Å². The van der Waals surface area contributed by atoms with E-state index in [0.717, 1.165) is 5.69 Å². The van der Waals surface area contributed by atoms with Crippen LogP contribution in [0, 0.1) is 0 Å². The molecule has 0 amide bonds. The van der Waals surface area contributed by atoms with Crippen molar-refractivity contribution in [3.05, 3.63) is 45.9 Å². The average Bonchev–Trinajstić information content (AvgIpc) is 2.89. The van der Waals surface area contributed by atoms with Gasteiger partial charge in [0.25, 0.3) is 0 Å². The first-order chi connectivity index (χ1) is 9.24. The zero-order valence-corrected chi connectivity index (χ0v) is 12.1. The molecule has 5 heteroatoms. The summed E-state index contributed by atoms with van der Waals surface area (Å²) in [5, 5.41) is 5.73. The number of nitrogens with one attached hydrogen (secondary N) is 1. The van der Waals surface area contributed by atoms with Gasteiger partial charge in [0.2, 0.25) is 0 Å². The van der Waals surface area contributed by atoms with Crippen molar-refractivity contribution in [3.63, 3.8) is 0 Å². The second-order valence-corrected chi connectivity index (χ2v) is 6.13. The molecule has 1 aliphatic carbocycles. The third kappa shape index (κ3) is 2.62. The minimum Gasteiger partial charge on any atom is -0.388 e. The monoisotopic (exact) mass is 289 g/mol. The quantitative estimate of drug-likeness (QED) is 0.852. The summed E-state index contributed by atoms with van der Waals surface area (Å²) < 4.78 is 0. The second-order valence-electron chi connectivity index (χ2n) is 4.68. The molecule has 98 valence electrons. The number of fused-ring (bicyclic) bond motifs is 1. The van der Waals surface area contributed by atoms with E-state index in [4.69, 9.17) is 18.0 Å². The molecule has 1 aliphatic rings. The molecule has 1 unspecified atom stereocenters. The van der Waals surface area contributed by atoms with Crippen LogP contribution in [-0.4, -0.2) is 9.97 Å². The molecule has 0 radical (unpaired) electrons. The van der Waals surface area contributed by atoms with Gasteiger partial charge < -0.3 is 11.1 Å². The Hall–Kier alpha value is -1.46. The topological polar surface area (TPSA) is 50.9 Å². The highest BCUT2D eigenvalue weighted by atomic mass is 32.1. The van der Waals surface area contributed by atoms with E-state index in [9.17, 15) is 0 Å². The van der Waals surface area contributed by atoms with Gasteiger partial charge >= 0.3 is 0 Å². The molecular formula is C14H15N3S2. The molecule has 19 heavy (non-hydrogen) atoms. The molecule has 0 aromatic carbocycles. The van der Waals surface area contributed by atoms with Crippen molar-refractivity contribution in [2.75, 3.05) is 5.32 Å². The number of thiophene rings is 1. The number of aromatic nitrogens is 1. The standard InChI is InChI=1S/C14H15N3S2/c15-14(18)12-5-4-9(8-16-12)17-11-2-1-3-13-10(11)6-7-19-13/h4-8,11,17H,1-3H2,(H2,15,18). The Balaban J connectivity index is 1.78. The summed E-state index contributed by atoms with van der Waals surface area (Å²) >= 11 is 6.76. The maximum Gasteiger partial charge on any atom is 0.122 e. The lowest BCUT2D eigenvalue weighted by molar-refractivity contribution is 0.608. The van der Waals surface area contributed by atoms with Crippen LogP contribution in [0.15, 0.2) is 29.8 Å². The summed E-state index contributed by atoms with van der Waals surface area (Å²) in [6.07, 6.45) is 5.42. The Kier molecular flexibility index (Phi) is 3.48. The Bertz CT molecular complexity index is 589. The molecule has 2 aromatic rings. The van der Waals surface area contributed by atoms with Crippen molar-refractivity contribution < 1.29 is 0 Å². The molecular weight excluding hydrogens is 274 g/mol. The second kappa shape index (κ2) is 5.27. The maximum atomic E-state index is 5.55. The van der Waals surface area contributed by atoms with Gasteiger partial charge in [0.15, 0.2) is 0 Å². The first-order valence-electron chi connectivity index (χ1n) is 6.32. The molecule has 0 saturated carbocycles. The van der Waals surface area contributed by atoms with Gasteiger partial charge in [-0.3, -0.25) is 4.98 Å². The van der Waals surface area contributed by atoms with E-state index in [1.54, 1.807) is 6.20 Å². The number of pyridine rings is 1. The van der Waals surface area contributed by atoms with Crippen LogP contribution in [-0.2, 0) is 6.42 Å². The number of rotatable bonds is 3. The maximum absolute atomic E-state index is 5.55. The fourth-order valence-corrected chi connectivity index (χ4v) is 3.57. The van der Waals surface area contributed by atoms with E-state index < -0.39 is 0 Å². The highest BCUT2D eigenvalue weighted by Crippen LogP contribution is 2.35. The third-order valence-electron chi connectivity index (χ3n) is 3.41. The van der Waals surface area contributed by atoms with Crippen molar-refractivity contribution in [1.29, 1.82) is 0 Å². The van der Waals surface area contributed by atoms with E-state index in [0.29, 0.717) is 16.7 Å². The highest BCUT2D eigenvalue weighted by Gasteiger charge is 2.20. The van der Waals surface area contributed by atoms with Crippen molar-refractivity contribution in [1.82, 2.24) is 4.98 Å². The molecule has 3 rings (SSSR count). The summed E-state index contributed by atoms with van der Waals surface area (Å²) in [5.41, 5.74) is 8.67. The number of nitrogens with two attached hydrogens (primary N) is 1. The number of hydrogen-bond acceptors (Lipinski definition) is 4. The molecule has 3 nitrogen and oxygen atoms in total. The van der Waals surface area contributed by atoms with Crippen LogP contribution in [0.4, 0.5) is 5.69 Å². The summed E-state index contributed by atoms with van der Waals surface area (Å²) in [7, 11) is 0. The Morgan fingerprint density at radius 1 is 1.42 bits per heavy atom. The summed E-state index contributed by atoms with van der Waals surface area (Å²) in [5.74, 6) is 0. The largest absolute Gasteiger partial charge is 0.388 e. The van der Waals surface area contributed by atoms with Gasteiger partial charge in [-0.25, -0.2) is 0 Å². The fraction of sp³-hybridized carbons (Fsp3) is 0.286. The van der Waals surface area contributed by atoms with E-state index in [-0.39, 0.29) is 0 Å². The van der Waals surface area contributed by atoms with Crippen LogP contribution in [0.1, 0.15) is 35.0 Å². The average molecular weight is 289 g/mol. The number of nitrogens with zero attached hydrogens (tertiary/aromatic N) is 1. The van der Waals surface area contributed by atoms with E-state index in [2.05, 4.69) is 21.7 Å². The zero-order valence-electron chi connectivity index (χ0n) is 10.4. The molecule has 2 heterocycles. The van der Waals surface area contributed by atoms with Crippen LogP contribution in [0.25, 0.3) is 0 Å². The Labute approximate surface area is 121 Å². The van der Waals surface area contributed by atoms with E-state index in [1.807, 2.05) is 23.5 Å². The summed E-state index contributed by atoms with van der Waals surface area (Å²) in [6.45, 7) is 0. The smallest absolute Gasteiger partial charge is 0.122 e. The molecule has 0 aliphatic heterocycles. The Morgan fingerprint density at radius 2 is 2.32 bits per heavy atom. The number of thiocarbonyl (C=S) groups is 1. The lowest BCUT2D eigenvalue weighted by Crippen LogP contribution is -2.16. The van der Waals surface area contributed by atoms with Gasteiger partial charge in [-0.05, 0) is 48.4 Å². The molecule has 0 bridgehead atoms. The van der Waals surface area contributed by atoms with Gasteiger partial charge in [0, 0.05) is 4.88 Å². The molecule has 0 saturated heterocycles. The minimum atomic E-state index is 0.337. The highest BCUT2D eigenvalue weighted by molar-refractivity contribution is 7.80. The predicted molar refractivity (Wildman–Crippen MR) is 83.7 cm³/mol.